The van der Waals surface area contributed by atoms with Gasteiger partial charge in [-0.2, -0.15) is 0 Å². The van der Waals surface area contributed by atoms with Crippen LogP contribution in [0.3, 0.4) is 0 Å². The molecule has 1 aromatic carbocycles. The maximum atomic E-state index is 5.60. The number of rotatable bonds is 5. The van der Waals surface area contributed by atoms with Gasteiger partial charge in [-0.3, -0.25) is 4.90 Å². The maximum absolute atomic E-state index is 5.60. The molecular weight excluding hydrogens is 260 g/mol. The molecule has 2 aliphatic heterocycles. The van der Waals surface area contributed by atoms with Gasteiger partial charge in [-0.05, 0) is 42.3 Å². The fourth-order valence-corrected chi connectivity index (χ4v) is 3.75. The Labute approximate surface area is 128 Å². The van der Waals surface area contributed by atoms with E-state index in [1.165, 1.54) is 37.9 Å². The molecule has 1 aromatic rings. The van der Waals surface area contributed by atoms with Crippen molar-refractivity contribution in [2.24, 2.45) is 5.41 Å². The summed E-state index contributed by atoms with van der Waals surface area (Å²) in [7, 11) is 0. The van der Waals surface area contributed by atoms with E-state index in [-0.39, 0.29) is 0 Å². The molecule has 0 radical (unpaired) electrons. The first kappa shape index (κ1) is 15.0. The van der Waals surface area contributed by atoms with Crippen molar-refractivity contribution in [1.29, 1.82) is 0 Å². The lowest BCUT2D eigenvalue weighted by atomic mass is 9.79. The van der Waals surface area contributed by atoms with Gasteiger partial charge in [0.2, 0.25) is 0 Å². The third-order valence-electron chi connectivity index (χ3n) is 5.07. The van der Waals surface area contributed by atoms with Crippen LogP contribution >= 0.6 is 0 Å². The number of fused-ring (bicyclic) bond motifs is 1. The second-order valence-corrected chi connectivity index (χ2v) is 6.62. The van der Waals surface area contributed by atoms with Crippen molar-refractivity contribution >= 4 is 0 Å². The second-order valence-electron chi connectivity index (χ2n) is 6.62. The van der Waals surface area contributed by atoms with Gasteiger partial charge in [0.05, 0.1) is 0 Å². The minimum absolute atomic E-state index is 0.403. The SMILES string of the molecule is CCNCC1(CN2CCc3ccccc3C2)CCOCC1. The van der Waals surface area contributed by atoms with E-state index in [0.29, 0.717) is 5.41 Å². The van der Waals surface area contributed by atoms with Crippen LogP contribution in [0.4, 0.5) is 0 Å². The first-order valence-corrected chi connectivity index (χ1v) is 8.39. The molecule has 0 aliphatic carbocycles. The summed E-state index contributed by atoms with van der Waals surface area (Å²) in [6.45, 7) is 9.76. The van der Waals surface area contributed by atoms with Crippen LogP contribution in [-0.4, -0.2) is 44.3 Å². The topological polar surface area (TPSA) is 24.5 Å². The molecule has 2 aliphatic rings. The zero-order chi connectivity index (χ0) is 14.5. The molecule has 0 bridgehead atoms. The predicted molar refractivity (Wildman–Crippen MR) is 86.5 cm³/mol. The van der Waals surface area contributed by atoms with Crippen LogP contribution in [0.15, 0.2) is 24.3 Å². The Balaban J connectivity index is 1.66. The van der Waals surface area contributed by atoms with Crippen molar-refractivity contribution in [2.45, 2.75) is 32.7 Å². The van der Waals surface area contributed by atoms with E-state index in [0.717, 1.165) is 32.8 Å². The average Bonchev–Trinajstić information content (AvgIpc) is 2.54. The Bertz CT molecular complexity index is 454. The zero-order valence-corrected chi connectivity index (χ0v) is 13.2. The molecule has 3 nitrogen and oxygen atoms in total. The summed E-state index contributed by atoms with van der Waals surface area (Å²) in [5.74, 6) is 0. The molecule has 3 heteroatoms. The fraction of sp³-hybridized carbons (Fsp3) is 0.667. The van der Waals surface area contributed by atoms with Gasteiger partial charge in [-0.25, -0.2) is 0 Å². The third-order valence-corrected chi connectivity index (χ3v) is 5.07. The second kappa shape index (κ2) is 6.91. The molecule has 1 N–H and O–H groups in total. The van der Waals surface area contributed by atoms with Gasteiger partial charge in [0, 0.05) is 39.4 Å². The van der Waals surface area contributed by atoms with Gasteiger partial charge in [0.15, 0.2) is 0 Å². The largest absolute Gasteiger partial charge is 0.381 e. The van der Waals surface area contributed by atoms with Crippen LogP contribution in [-0.2, 0) is 17.7 Å². The molecule has 2 heterocycles. The van der Waals surface area contributed by atoms with Gasteiger partial charge in [-0.15, -0.1) is 0 Å². The lowest BCUT2D eigenvalue weighted by Gasteiger charge is -2.42. The lowest BCUT2D eigenvalue weighted by molar-refractivity contribution is -0.00635. The van der Waals surface area contributed by atoms with Gasteiger partial charge in [-0.1, -0.05) is 31.2 Å². The van der Waals surface area contributed by atoms with E-state index in [1.807, 2.05) is 0 Å². The highest BCUT2D eigenvalue weighted by molar-refractivity contribution is 5.29. The molecule has 1 saturated heterocycles. The summed E-state index contributed by atoms with van der Waals surface area (Å²) in [4.78, 5) is 2.66. The van der Waals surface area contributed by atoms with E-state index >= 15 is 0 Å². The Morgan fingerprint density at radius 2 is 1.95 bits per heavy atom. The van der Waals surface area contributed by atoms with E-state index < -0.39 is 0 Å². The van der Waals surface area contributed by atoms with Gasteiger partial charge in [0.25, 0.3) is 0 Å². The molecule has 116 valence electrons. The van der Waals surface area contributed by atoms with Gasteiger partial charge in [0.1, 0.15) is 0 Å². The van der Waals surface area contributed by atoms with E-state index in [4.69, 9.17) is 4.74 Å². The number of benzene rings is 1. The monoisotopic (exact) mass is 288 g/mol. The number of ether oxygens (including phenoxy) is 1. The van der Waals surface area contributed by atoms with Crippen LogP contribution in [0.5, 0.6) is 0 Å². The summed E-state index contributed by atoms with van der Waals surface area (Å²) < 4.78 is 5.60. The maximum Gasteiger partial charge on any atom is 0.0472 e. The van der Waals surface area contributed by atoms with Crippen LogP contribution in [0, 0.1) is 5.41 Å². The minimum atomic E-state index is 0.403. The first-order valence-electron chi connectivity index (χ1n) is 8.39. The molecule has 0 amide bonds. The zero-order valence-electron chi connectivity index (χ0n) is 13.2. The van der Waals surface area contributed by atoms with Crippen molar-refractivity contribution in [3.63, 3.8) is 0 Å². The van der Waals surface area contributed by atoms with Crippen molar-refractivity contribution in [3.8, 4) is 0 Å². The number of hydrogen-bond donors (Lipinski definition) is 1. The summed E-state index contributed by atoms with van der Waals surface area (Å²) >= 11 is 0. The smallest absolute Gasteiger partial charge is 0.0472 e. The van der Waals surface area contributed by atoms with Crippen LogP contribution < -0.4 is 5.32 Å². The normalized spacial score (nSPS) is 22.0. The third kappa shape index (κ3) is 3.65. The molecule has 0 unspecified atom stereocenters. The summed E-state index contributed by atoms with van der Waals surface area (Å²) in [5, 5.41) is 3.59. The quantitative estimate of drug-likeness (QED) is 0.901. The number of nitrogens with zero attached hydrogens (tertiary/aromatic N) is 1. The van der Waals surface area contributed by atoms with Crippen molar-refractivity contribution in [3.05, 3.63) is 35.4 Å². The molecule has 0 atom stereocenters. The molecule has 0 saturated carbocycles. The molecule has 0 aromatic heterocycles. The number of nitrogens with one attached hydrogen (secondary N) is 1. The average molecular weight is 288 g/mol. The lowest BCUT2D eigenvalue weighted by Crippen LogP contribution is -2.48. The van der Waals surface area contributed by atoms with Crippen molar-refractivity contribution in [2.75, 3.05) is 39.4 Å². The Hall–Kier alpha value is -0.900. The van der Waals surface area contributed by atoms with E-state index in [2.05, 4.69) is 41.4 Å². The van der Waals surface area contributed by atoms with Crippen LogP contribution in [0.2, 0.25) is 0 Å². The van der Waals surface area contributed by atoms with E-state index in [9.17, 15) is 0 Å². The molecule has 21 heavy (non-hydrogen) atoms. The summed E-state index contributed by atoms with van der Waals surface area (Å²) in [5.41, 5.74) is 3.47. The Kier molecular flexibility index (Phi) is 4.94. The molecule has 3 rings (SSSR count). The summed E-state index contributed by atoms with van der Waals surface area (Å²) in [6.07, 6.45) is 3.58. The van der Waals surface area contributed by atoms with Crippen molar-refractivity contribution in [1.82, 2.24) is 10.2 Å². The van der Waals surface area contributed by atoms with E-state index in [1.54, 1.807) is 5.56 Å². The standard InChI is InChI=1S/C18H28N2O/c1-2-19-14-18(8-11-21-12-9-18)15-20-10-7-16-5-3-4-6-17(16)13-20/h3-6,19H,2,7-15H2,1H3. The molecular formula is C18H28N2O. The van der Waals surface area contributed by atoms with Gasteiger partial charge >= 0.3 is 0 Å². The van der Waals surface area contributed by atoms with Crippen LogP contribution in [0.1, 0.15) is 30.9 Å². The first-order chi connectivity index (χ1) is 10.3. The fourth-order valence-electron chi connectivity index (χ4n) is 3.75. The Morgan fingerprint density at radius 1 is 1.19 bits per heavy atom. The summed E-state index contributed by atoms with van der Waals surface area (Å²) in [6, 6.07) is 8.92. The predicted octanol–water partition coefficient (Wildman–Crippen LogP) is 2.45. The Morgan fingerprint density at radius 3 is 2.71 bits per heavy atom. The van der Waals surface area contributed by atoms with Gasteiger partial charge < -0.3 is 10.1 Å². The molecule has 1 fully saturated rings. The highest BCUT2D eigenvalue weighted by Gasteiger charge is 2.34. The minimum Gasteiger partial charge on any atom is -0.381 e. The van der Waals surface area contributed by atoms with Crippen molar-refractivity contribution < 1.29 is 4.74 Å². The highest BCUT2D eigenvalue weighted by Crippen LogP contribution is 2.32. The van der Waals surface area contributed by atoms with Crippen LogP contribution in [0.25, 0.3) is 0 Å². The highest BCUT2D eigenvalue weighted by atomic mass is 16.5. The molecule has 0 spiro atoms. The number of hydrogen-bond acceptors (Lipinski definition) is 3.